The van der Waals surface area contributed by atoms with Gasteiger partial charge in [-0.05, 0) is 24.3 Å². The summed E-state index contributed by atoms with van der Waals surface area (Å²) in [4.78, 5) is 15.4. The number of ether oxygens (including phenoxy) is 1. The lowest BCUT2D eigenvalue weighted by Crippen LogP contribution is -1.98. The van der Waals surface area contributed by atoms with Gasteiger partial charge >= 0.3 is 5.97 Å². The molecule has 6 heteroatoms. The number of pyridine rings is 1. The first-order chi connectivity index (χ1) is 10.1. The molecule has 0 saturated heterocycles. The molecule has 1 N–H and O–H groups in total. The topological polar surface area (TPSA) is 63.8 Å². The van der Waals surface area contributed by atoms with E-state index in [4.69, 9.17) is 21.4 Å². The summed E-state index contributed by atoms with van der Waals surface area (Å²) in [5.74, 6) is 0.265. The SMILES string of the molecule is COc1ccccc1-c1nc(Cl)c2cc(C(=O)O)ccn12. The van der Waals surface area contributed by atoms with Crippen LogP contribution in [0.15, 0.2) is 42.6 Å². The van der Waals surface area contributed by atoms with E-state index >= 15 is 0 Å². The van der Waals surface area contributed by atoms with Crippen LogP contribution < -0.4 is 4.74 Å². The third-order valence-electron chi connectivity index (χ3n) is 3.19. The molecular weight excluding hydrogens is 292 g/mol. The zero-order valence-electron chi connectivity index (χ0n) is 11.1. The van der Waals surface area contributed by atoms with E-state index in [0.717, 1.165) is 5.56 Å². The highest BCUT2D eigenvalue weighted by atomic mass is 35.5. The molecule has 0 saturated carbocycles. The van der Waals surface area contributed by atoms with Gasteiger partial charge in [-0.25, -0.2) is 9.78 Å². The Morgan fingerprint density at radius 3 is 2.81 bits per heavy atom. The second-order valence-corrected chi connectivity index (χ2v) is 4.76. The van der Waals surface area contributed by atoms with Crippen molar-refractivity contribution in [3.63, 3.8) is 0 Å². The van der Waals surface area contributed by atoms with Crippen molar-refractivity contribution in [1.82, 2.24) is 9.38 Å². The van der Waals surface area contributed by atoms with Crippen LogP contribution in [-0.4, -0.2) is 27.6 Å². The van der Waals surface area contributed by atoms with Gasteiger partial charge in [0.2, 0.25) is 0 Å². The minimum Gasteiger partial charge on any atom is -0.496 e. The van der Waals surface area contributed by atoms with Crippen LogP contribution >= 0.6 is 11.6 Å². The van der Waals surface area contributed by atoms with Gasteiger partial charge in [-0.15, -0.1) is 0 Å². The number of halogens is 1. The van der Waals surface area contributed by atoms with Crippen molar-refractivity contribution >= 4 is 23.1 Å². The number of nitrogens with zero attached hydrogens (tertiary/aromatic N) is 2. The van der Waals surface area contributed by atoms with Gasteiger partial charge in [-0.3, -0.25) is 4.40 Å². The molecule has 3 aromatic rings. The van der Waals surface area contributed by atoms with Crippen molar-refractivity contribution < 1.29 is 14.6 Å². The number of hydrogen-bond donors (Lipinski definition) is 1. The molecule has 0 radical (unpaired) electrons. The maximum Gasteiger partial charge on any atom is 0.335 e. The van der Waals surface area contributed by atoms with Gasteiger partial charge in [0, 0.05) is 6.20 Å². The molecule has 0 atom stereocenters. The first-order valence-electron chi connectivity index (χ1n) is 6.16. The van der Waals surface area contributed by atoms with E-state index in [0.29, 0.717) is 17.1 Å². The first-order valence-corrected chi connectivity index (χ1v) is 6.54. The summed E-state index contributed by atoms with van der Waals surface area (Å²) in [5, 5.41) is 9.30. The van der Waals surface area contributed by atoms with Gasteiger partial charge in [0.25, 0.3) is 0 Å². The van der Waals surface area contributed by atoms with Crippen LogP contribution in [0.4, 0.5) is 0 Å². The molecule has 0 fully saturated rings. The van der Waals surface area contributed by atoms with Gasteiger partial charge in [-0.2, -0.15) is 0 Å². The minimum absolute atomic E-state index is 0.163. The summed E-state index contributed by atoms with van der Waals surface area (Å²) in [6, 6.07) is 10.4. The lowest BCUT2D eigenvalue weighted by atomic mass is 10.2. The fraction of sp³-hybridized carbons (Fsp3) is 0.0667. The van der Waals surface area contributed by atoms with E-state index < -0.39 is 5.97 Å². The number of imidazole rings is 1. The van der Waals surface area contributed by atoms with Crippen molar-refractivity contribution in [2.45, 2.75) is 0 Å². The Bertz CT molecular complexity index is 842. The number of carboxylic acids is 1. The second kappa shape index (κ2) is 5.10. The minimum atomic E-state index is -1.01. The number of carbonyl (C=O) groups is 1. The third kappa shape index (κ3) is 2.21. The Morgan fingerprint density at radius 2 is 2.10 bits per heavy atom. The van der Waals surface area contributed by atoms with Gasteiger partial charge in [-0.1, -0.05) is 23.7 Å². The smallest absolute Gasteiger partial charge is 0.335 e. The standard InChI is InChI=1S/C15H11ClN2O3/c1-21-12-5-3-2-4-10(12)14-17-13(16)11-8-9(15(19)20)6-7-18(11)14/h2-8H,1H3,(H,19,20). The summed E-state index contributed by atoms with van der Waals surface area (Å²) < 4.78 is 7.07. The van der Waals surface area contributed by atoms with Crippen LogP contribution in [0.25, 0.3) is 16.9 Å². The average Bonchev–Trinajstić information content (AvgIpc) is 2.83. The van der Waals surface area contributed by atoms with Crippen molar-refractivity contribution in [3.05, 3.63) is 53.3 Å². The zero-order valence-corrected chi connectivity index (χ0v) is 11.8. The summed E-state index contributed by atoms with van der Waals surface area (Å²) >= 11 is 6.13. The number of hydrogen-bond acceptors (Lipinski definition) is 3. The molecule has 0 aliphatic carbocycles. The van der Waals surface area contributed by atoms with E-state index in [2.05, 4.69) is 4.98 Å². The number of carboxylic acid groups (broad SMARTS) is 1. The quantitative estimate of drug-likeness (QED) is 0.805. The van der Waals surface area contributed by atoms with Crippen molar-refractivity contribution in [2.75, 3.05) is 7.11 Å². The lowest BCUT2D eigenvalue weighted by Gasteiger charge is -2.07. The number of benzene rings is 1. The first kappa shape index (κ1) is 13.5. The number of aromatic nitrogens is 2. The highest BCUT2D eigenvalue weighted by molar-refractivity contribution is 6.33. The molecular formula is C15H11ClN2O3. The summed E-state index contributed by atoms with van der Waals surface area (Å²) in [6.07, 6.45) is 1.64. The van der Waals surface area contributed by atoms with Crippen LogP contribution in [0.5, 0.6) is 5.75 Å². The van der Waals surface area contributed by atoms with Crippen LogP contribution in [0.3, 0.4) is 0 Å². The highest BCUT2D eigenvalue weighted by Gasteiger charge is 2.16. The van der Waals surface area contributed by atoms with E-state index in [-0.39, 0.29) is 10.7 Å². The second-order valence-electron chi connectivity index (χ2n) is 4.40. The van der Waals surface area contributed by atoms with Crippen molar-refractivity contribution in [2.24, 2.45) is 0 Å². The van der Waals surface area contributed by atoms with Crippen LogP contribution in [0.2, 0.25) is 5.15 Å². The maximum atomic E-state index is 11.0. The van der Waals surface area contributed by atoms with Gasteiger partial charge in [0.05, 0.1) is 23.8 Å². The number of para-hydroxylation sites is 1. The van der Waals surface area contributed by atoms with E-state index in [1.165, 1.54) is 12.1 Å². The molecule has 3 rings (SSSR count). The fourth-order valence-electron chi connectivity index (χ4n) is 2.20. The maximum absolute atomic E-state index is 11.0. The van der Waals surface area contributed by atoms with Gasteiger partial charge in [0.1, 0.15) is 11.6 Å². The molecule has 2 aromatic heterocycles. The molecule has 1 aromatic carbocycles. The van der Waals surface area contributed by atoms with E-state index in [9.17, 15) is 4.79 Å². The van der Waals surface area contributed by atoms with E-state index in [1.807, 2.05) is 24.3 Å². The predicted octanol–water partition coefficient (Wildman–Crippen LogP) is 3.36. The van der Waals surface area contributed by atoms with Crippen molar-refractivity contribution in [1.29, 1.82) is 0 Å². The number of fused-ring (bicyclic) bond motifs is 1. The molecule has 2 heterocycles. The van der Waals surface area contributed by atoms with Gasteiger partial charge in [0.15, 0.2) is 5.15 Å². The molecule has 106 valence electrons. The largest absolute Gasteiger partial charge is 0.496 e. The van der Waals surface area contributed by atoms with Crippen molar-refractivity contribution in [3.8, 4) is 17.1 Å². The Morgan fingerprint density at radius 1 is 1.33 bits per heavy atom. The molecule has 0 aliphatic heterocycles. The molecule has 5 nitrogen and oxygen atoms in total. The molecule has 0 amide bonds. The average molecular weight is 303 g/mol. The van der Waals surface area contributed by atoms with Crippen LogP contribution in [0, 0.1) is 0 Å². The van der Waals surface area contributed by atoms with Crippen LogP contribution in [0.1, 0.15) is 10.4 Å². The van der Waals surface area contributed by atoms with E-state index in [1.54, 1.807) is 17.7 Å². The number of rotatable bonds is 3. The fourth-order valence-corrected chi connectivity index (χ4v) is 2.43. The lowest BCUT2D eigenvalue weighted by molar-refractivity contribution is 0.0697. The monoisotopic (exact) mass is 302 g/mol. The zero-order chi connectivity index (χ0) is 15.0. The molecule has 0 unspecified atom stereocenters. The number of methoxy groups -OCH3 is 1. The summed E-state index contributed by atoms with van der Waals surface area (Å²) in [6.45, 7) is 0. The Labute approximate surface area is 125 Å². The predicted molar refractivity (Wildman–Crippen MR) is 79.1 cm³/mol. The molecule has 0 bridgehead atoms. The Hall–Kier alpha value is -2.53. The van der Waals surface area contributed by atoms with Crippen LogP contribution in [-0.2, 0) is 0 Å². The van der Waals surface area contributed by atoms with Gasteiger partial charge < -0.3 is 9.84 Å². The highest BCUT2D eigenvalue weighted by Crippen LogP contribution is 2.32. The normalized spacial score (nSPS) is 10.8. The molecule has 21 heavy (non-hydrogen) atoms. The Balaban J connectivity index is 2.27. The molecule has 0 spiro atoms. The third-order valence-corrected chi connectivity index (χ3v) is 3.47. The molecule has 0 aliphatic rings. The summed E-state index contributed by atoms with van der Waals surface area (Å²) in [5.41, 5.74) is 1.48. The summed E-state index contributed by atoms with van der Waals surface area (Å²) in [7, 11) is 1.58. The number of aromatic carboxylic acids is 1. The Kier molecular flexibility index (Phi) is 3.27.